The number of piperazine rings is 1. The first-order valence-electron chi connectivity index (χ1n) is 15.8. The minimum Gasteiger partial charge on any atom is -0.490 e. The van der Waals surface area contributed by atoms with Gasteiger partial charge in [-0.05, 0) is 56.3 Å². The van der Waals surface area contributed by atoms with E-state index in [2.05, 4.69) is 21.9 Å². The molecule has 4 heterocycles. The van der Waals surface area contributed by atoms with Gasteiger partial charge in [-0.1, -0.05) is 32.0 Å². The molecule has 2 aliphatic heterocycles. The molecule has 0 saturated carbocycles. The van der Waals surface area contributed by atoms with Crippen LogP contribution in [0.3, 0.4) is 0 Å². The minimum absolute atomic E-state index is 0.0325. The second kappa shape index (κ2) is 14.8. The highest BCUT2D eigenvalue weighted by atomic mass is 35.5. The van der Waals surface area contributed by atoms with Crippen LogP contribution in [0.2, 0.25) is 5.02 Å². The van der Waals surface area contributed by atoms with E-state index in [0.29, 0.717) is 37.7 Å². The molecule has 2 aliphatic rings. The molecule has 0 radical (unpaired) electrons. The first kappa shape index (κ1) is 35.0. The van der Waals surface area contributed by atoms with Crippen LogP contribution in [0.5, 0.6) is 5.75 Å². The summed E-state index contributed by atoms with van der Waals surface area (Å²) in [7, 11) is 0. The molecule has 1 aromatic carbocycles. The van der Waals surface area contributed by atoms with E-state index in [0.717, 1.165) is 10.6 Å². The highest BCUT2D eigenvalue weighted by Crippen LogP contribution is 2.39. The molecule has 11 nitrogen and oxygen atoms in total. The van der Waals surface area contributed by atoms with Crippen LogP contribution < -0.4 is 20.6 Å². The van der Waals surface area contributed by atoms with Crippen molar-refractivity contribution in [2.75, 3.05) is 44.3 Å². The Hall–Kier alpha value is -4.33. The highest BCUT2D eigenvalue weighted by Gasteiger charge is 2.32. The van der Waals surface area contributed by atoms with Gasteiger partial charge in [0.05, 0.1) is 16.0 Å². The van der Waals surface area contributed by atoms with E-state index >= 15 is 8.78 Å². The molecular weight excluding hydrogens is 646 g/mol. The second-order valence-electron chi connectivity index (χ2n) is 12.1. The number of nitrogens with one attached hydrogen (secondary N) is 1. The number of aliphatic hydroxyl groups excluding tert-OH is 1. The molecule has 0 spiro atoms. The quantitative estimate of drug-likeness (QED) is 0.333. The smallest absolute Gasteiger partial charge is 0.355 e. The van der Waals surface area contributed by atoms with E-state index in [1.165, 1.54) is 24.4 Å². The number of carbonyl (C=O) groups is 1. The first-order valence-corrected chi connectivity index (χ1v) is 16.2. The van der Waals surface area contributed by atoms with Crippen LogP contribution in [0, 0.1) is 17.6 Å². The van der Waals surface area contributed by atoms with Gasteiger partial charge in [0.1, 0.15) is 36.1 Å². The summed E-state index contributed by atoms with van der Waals surface area (Å²) < 4.78 is 44.9. The normalized spacial score (nSPS) is 19.9. The molecule has 1 fully saturated rings. The summed E-state index contributed by atoms with van der Waals surface area (Å²) in [5, 5.41) is 14.4. The maximum Gasteiger partial charge on any atom is 0.355 e. The number of fused-ring (bicyclic) bond motifs is 3. The number of nitrogens with zero attached hydrogens (tertiary/aromatic N) is 5. The van der Waals surface area contributed by atoms with Gasteiger partial charge < -0.3 is 29.7 Å². The molecule has 0 aliphatic carbocycles. The fourth-order valence-electron chi connectivity index (χ4n) is 5.80. The second-order valence-corrected chi connectivity index (χ2v) is 12.5. The van der Waals surface area contributed by atoms with E-state index < -0.39 is 35.2 Å². The number of rotatable bonds is 8. The Morgan fingerprint density at radius 2 is 2.06 bits per heavy atom. The summed E-state index contributed by atoms with van der Waals surface area (Å²) in [6, 6.07) is 3.47. The number of anilines is 1. The average molecular weight is 685 g/mol. The summed E-state index contributed by atoms with van der Waals surface area (Å²) in [4.78, 5) is 38.7. The van der Waals surface area contributed by atoms with Gasteiger partial charge in [0, 0.05) is 50.6 Å². The van der Waals surface area contributed by atoms with E-state index in [-0.39, 0.29) is 58.3 Å². The predicted octanol–water partition coefficient (Wildman–Crippen LogP) is 4.37. The van der Waals surface area contributed by atoms with Gasteiger partial charge >= 0.3 is 5.69 Å². The summed E-state index contributed by atoms with van der Waals surface area (Å²) in [5.74, 6) is -1.74. The van der Waals surface area contributed by atoms with E-state index in [9.17, 15) is 14.7 Å². The summed E-state index contributed by atoms with van der Waals surface area (Å²) in [6.45, 7) is 12.7. The zero-order chi connectivity index (χ0) is 34.7. The monoisotopic (exact) mass is 684 g/mol. The van der Waals surface area contributed by atoms with Crippen LogP contribution >= 0.6 is 11.6 Å². The molecule has 2 unspecified atom stereocenters. The van der Waals surface area contributed by atoms with Gasteiger partial charge in [-0.15, -0.1) is 0 Å². The van der Waals surface area contributed by atoms with Gasteiger partial charge in [-0.2, -0.15) is 4.98 Å². The summed E-state index contributed by atoms with van der Waals surface area (Å²) in [6.07, 6.45) is 3.70. The number of halogens is 3. The molecule has 256 valence electrons. The maximum atomic E-state index is 16.2. The molecule has 5 rings (SSSR count). The lowest BCUT2D eigenvalue weighted by Gasteiger charge is -2.40. The van der Waals surface area contributed by atoms with Crippen LogP contribution in [0.1, 0.15) is 27.7 Å². The average Bonchev–Trinajstić information content (AvgIpc) is 3.05. The fourth-order valence-corrected chi connectivity index (χ4v) is 5.96. The molecular formula is C34H39ClF2N6O5. The molecule has 2 N–H and O–H groups in total. The minimum atomic E-state index is -1.30. The third kappa shape index (κ3) is 7.08. The Kier molecular flexibility index (Phi) is 10.8. The molecule has 2 bridgehead atoms. The van der Waals surface area contributed by atoms with E-state index in [4.69, 9.17) is 21.1 Å². The van der Waals surface area contributed by atoms with Gasteiger partial charge in [-0.3, -0.25) is 9.36 Å². The number of benzene rings is 1. The zero-order valence-corrected chi connectivity index (χ0v) is 28.0. The van der Waals surface area contributed by atoms with Crippen LogP contribution in [0.4, 0.5) is 14.6 Å². The Bertz CT molecular complexity index is 1830. The van der Waals surface area contributed by atoms with Crippen molar-refractivity contribution >= 4 is 40.6 Å². The molecule has 2 aromatic heterocycles. The van der Waals surface area contributed by atoms with Crippen molar-refractivity contribution in [2.24, 2.45) is 5.92 Å². The molecule has 3 atom stereocenters. The van der Waals surface area contributed by atoms with Crippen molar-refractivity contribution in [3.05, 3.63) is 75.8 Å². The number of ether oxygens (including phenoxy) is 2. The van der Waals surface area contributed by atoms with E-state index in [1.807, 2.05) is 25.7 Å². The molecule has 1 amide bonds. The van der Waals surface area contributed by atoms with Gasteiger partial charge in [0.15, 0.2) is 17.3 Å². The first-order chi connectivity index (χ1) is 22.9. The Morgan fingerprint density at radius 1 is 1.29 bits per heavy atom. The van der Waals surface area contributed by atoms with Crippen molar-refractivity contribution < 1.29 is 28.2 Å². The lowest BCUT2D eigenvalue weighted by molar-refractivity contribution is -0.126. The van der Waals surface area contributed by atoms with Crippen LogP contribution in [-0.2, 0) is 9.53 Å². The molecule has 3 aromatic rings. The highest BCUT2D eigenvalue weighted by molar-refractivity contribution is 6.31. The van der Waals surface area contributed by atoms with Crippen LogP contribution in [0.15, 0.2) is 53.5 Å². The Morgan fingerprint density at radius 3 is 2.75 bits per heavy atom. The largest absolute Gasteiger partial charge is 0.490 e. The van der Waals surface area contributed by atoms with Crippen LogP contribution in [-0.4, -0.2) is 88.1 Å². The SMILES string of the molecule is C=CC(=O)N1CCN(c2nc(=O)n3c4nc(c(F)cc24)-c2c(ccc(Cl)c2F)OCC(O)C(OCC)C(/C=C\NCC(C)C)=C3)[C@@H](C)C1. The third-order valence-corrected chi connectivity index (χ3v) is 8.44. The lowest BCUT2D eigenvalue weighted by atomic mass is 10.0. The van der Waals surface area contributed by atoms with Gasteiger partial charge in [0.2, 0.25) is 5.91 Å². The predicted molar refractivity (Wildman–Crippen MR) is 181 cm³/mol. The zero-order valence-electron chi connectivity index (χ0n) is 27.3. The van der Waals surface area contributed by atoms with Gasteiger partial charge in [0.25, 0.3) is 0 Å². The number of aromatic nitrogens is 3. The Balaban J connectivity index is 1.80. The van der Waals surface area contributed by atoms with E-state index in [1.54, 1.807) is 24.1 Å². The number of amides is 1. The maximum absolute atomic E-state index is 16.2. The standard InChI is InChI=1S/C34H39ClF2N6O5/c1-6-27(45)41-12-13-42(20(5)16-41)33-22-14-24(36)30-28-26(9-8-23(35)29(28)37)48-18-25(44)31(47-7-2)21(10-11-38-15-19(3)4)17-43(32(22)39-30)34(46)40-33/h6,8-11,14,17,19-20,25,31,38,44H,1,7,12-13,15-16,18H2,2-5H3/b11-10-,21-17?/t20-,25?,31?/m0/s1. The number of carbonyl (C=O) groups excluding carboxylic acids is 1. The van der Waals surface area contributed by atoms with Gasteiger partial charge in [-0.25, -0.2) is 18.6 Å². The van der Waals surface area contributed by atoms with Crippen molar-refractivity contribution in [3.63, 3.8) is 0 Å². The summed E-state index contributed by atoms with van der Waals surface area (Å²) >= 11 is 6.14. The molecule has 1 saturated heterocycles. The van der Waals surface area contributed by atoms with Crippen molar-refractivity contribution in [3.8, 4) is 17.0 Å². The number of aliphatic hydroxyl groups is 1. The third-order valence-electron chi connectivity index (χ3n) is 8.14. The van der Waals surface area contributed by atoms with Crippen molar-refractivity contribution in [2.45, 2.75) is 45.9 Å². The van der Waals surface area contributed by atoms with Crippen LogP contribution in [0.25, 0.3) is 28.5 Å². The fraction of sp³-hybridized carbons (Fsp3) is 0.412. The number of hydrogen-bond donors (Lipinski definition) is 2. The number of hydrogen-bond acceptors (Lipinski definition) is 9. The molecule has 14 heteroatoms. The summed E-state index contributed by atoms with van der Waals surface area (Å²) in [5.41, 5.74) is -1.24. The lowest BCUT2D eigenvalue weighted by Crippen LogP contribution is -2.54. The Labute approximate surface area is 282 Å². The van der Waals surface area contributed by atoms with Crippen molar-refractivity contribution in [1.29, 1.82) is 0 Å². The topological polar surface area (TPSA) is 122 Å². The van der Waals surface area contributed by atoms with Crippen molar-refractivity contribution in [1.82, 2.24) is 24.8 Å². The number of pyridine rings is 1. The molecule has 48 heavy (non-hydrogen) atoms.